The second-order valence-electron chi connectivity index (χ2n) is 14.8. The maximum Gasteiger partial charge on any atom is 2.00 e. The molecule has 0 aliphatic heterocycles. The average molecular weight is 879 g/mol. The van der Waals surface area contributed by atoms with Crippen molar-refractivity contribution in [3.63, 3.8) is 0 Å². The van der Waals surface area contributed by atoms with Gasteiger partial charge in [-0.25, -0.2) is 8.42 Å². The molecule has 0 atom stereocenters. The van der Waals surface area contributed by atoms with Crippen LogP contribution in [0.5, 0.6) is 34.5 Å². The molecule has 2 N–H and O–H groups in total. The Kier molecular flexibility index (Phi) is 25.4. The van der Waals surface area contributed by atoms with Gasteiger partial charge in [-0.3, -0.25) is 4.55 Å². The SMILES string of the molecule is CCCCCCCCCCCc1ccc(Oc2ccc(S(=O)(=O)O)cc2O)cc1.CCCCCCCCCCCc1ccc(Oc2ccc(S(=O)(=O)[O-])cc2[O-])cc1.[Ca+2]. The van der Waals surface area contributed by atoms with Crippen molar-refractivity contribution < 1.29 is 45.6 Å². The molecule has 4 aromatic rings. The van der Waals surface area contributed by atoms with Crippen molar-refractivity contribution in [3.8, 4) is 34.5 Å². The van der Waals surface area contributed by atoms with Crippen molar-refractivity contribution in [1.82, 2.24) is 0 Å². The number of phenolic OH excluding ortho intramolecular Hbond substituents is 1. The van der Waals surface area contributed by atoms with Crippen molar-refractivity contribution in [2.45, 2.75) is 152 Å². The van der Waals surface area contributed by atoms with E-state index in [9.17, 15) is 31.6 Å². The maximum absolute atomic E-state index is 11.9. The molecule has 0 bridgehead atoms. The molecule has 0 unspecified atom stereocenters. The molecule has 320 valence electrons. The summed E-state index contributed by atoms with van der Waals surface area (Å²) in [6.45, 7) is 4.48. The van der Waals surface area contributed by atoms with E-state index in [1.807, 2.05) is 36.4 Å². The minimum Gasteiger partial charge on any atom is -0.870 e. The van der Waals surface area contributed by atoms with Crippen LogP contribution in [0.15, 0.2) is 94.7 Å². The van der Waals surface area contributed by atoms with E-state index in [1.54, 1.807) is 12.1 Å². The minimum absolute atomic E-state index is 0. The first-order valence-corrected chi connectivity index (χ1v) is 23.8. The van der Waals surface area contributed by atoms with E-state index in [4.69, 9.17) is 14.0 Å². The van der Waals surface area contributed by atoms with Gasteiger partial charge in [0.25, 0.3) is 10.1 Å². The number of phenols is 1. The summed E-state index contributed by atoms with van der Waals surface area (Å²) in [5.41, 5.74) is 2.46. The topological polar surface area (TPSA) is 173 Å². The van der Waals surface area contributed by atoms with Gasteiger partial charge in [-0.05, 0) is 91.4 Å². The van der Waals surface area contributed by atoms with Gasteiger partial charge in [0.2, 0.25) is 0 Å². The maximum atomic E-state index is 11.9. The number of aryl methyl sites for hydroxylation is 2. The second kappa shape index (κ2) is 28.6. The number of hydrogen-bond donors (Lipinski definition) is 2. The molecule has 0 spiro atoms. The Bertz CT molecular complexity index is 1840. The summed E-state index contributed by atoms with van der Waals surface area (Å²) in [6.07, 6.45) is 25.5. The number of ether oxygens (including phenoxy) is 2. The summed E-state index contributed by atoms with van der Waals surface area (Å²) in [5.74, 6) is 0.180. The third kappa shape index (κ3) is 21.5. The summed E-state index contributed by atoms with van der Waals surface area (Å²) in [4.78, 5) is -0.926. The van der Waals surface area contributed by atoms with Gasteiger partial charge in [-0.2, -0.15) is 8.42 Å². The van der Waals surface area contributed by atoms with Gasteiger partial charge in [0.05, 0.1) is 9.79 Å². The quantitative estimate of drug-likeness (QED) is 0.0351. The van der Waals surface area contributed by atoms with Crippen LogP contribution in [-0.4, -0.2) is 68.8 Å². The largest absolute Gasteiger partial charge is 2.00 e. The zero-order chi connectivity index (χ0) is 42.2. The van der Waals surface area contributed by atoms with Crippen molar-refractivity contribution >= 4 is 58.0 Å². The van der Waals surface area contributed by atoms with Crippen LogP contribution in [0.4, 0.5) is 0 Å². The smallest absolute Gasteiger partial charge is 0.870 e. The first-order chi connectivity index (χ1) is 27.8. The van der Waals surface area contributed by atoms with Crippen molar-refractivity contribution in [3.05, 3.63) is 96.1 Å². The number of hydrogen-bond acceptors (Lipinski definition) is 9. The van der Waals surface area contributed by atoms with E-state index in [2.05, 4.69) is 13.8 Å². The Hall–Kier alpha value is -2.84. The number of aromatic hydroxyl groups is 1. The van der Waals surface area contributed by atoms with Gasteiger partial charge in [0, 0.05) is 6.07 Å². The van der Waals surface area contributed by atoms with Crippen LogP contribution in [-0.2, 0) is 33.1 Å². The van der Waals surface area contributed by atoms with Crippen LogP contribution >= 0.6 is 0 Å². The standard InChI is InChI=1S/2C23H32O5S.Ca/c2*1-2-3-4-5-6-7-8-9-10-11-19-12-14-20(15-13-19)28-23-17-16-21(18-22(23)24)29(25,26)27;/h2*12-18,24H,2-11H2,1H3,(H,25,26,27);/q;;+2/p-2. The molecular weight excluding hydrogens is 817 g/mol. The summed E-state index contributed by atoms with van der Waals surface area (Å²) in [5, 5.41) is 21.8. The molecule has 4 aromatic carbocycles. The minimum atomic E-state index is -4.65. The van der Waals surface area contributed by atoms with Gasteiger partial charge >= 0.3 is 37.7 Å². The molecule has 0 fully saturated rings. The van der Waals surface area contributed by atoms with E-state index in [1.165, 1.54) is 138 Å². The molecule has 13 heteroatoms. The van der Waals surface area contributed by atoms with E-state index in [-0.39, 0.29) is 59.9 Å². The van der Waals surface area contributed by atoms with Crippen LogP contribution in [0.2, 0.25) is 0 Å². The Morgan fingerprint density at radius 3 is 1.25 bits per heavy atom. The molecular formula is C46H62CaO10S2. The molecule has 0 heterocycles. The molecule has 0 aliphatic rings. The van der Waals surface area contributed by atoms with E-state index in [0.717, 1.165) is 37.5 Å². The van der Waals surface area contributed by atoms with Crippen LogP contribution < -0.4 is 14.6 Å². The Labute approximate surface area is 383 Å². The van der Waals surface area contributed by atoms with Crippen LogP contribution in [0, 0.1) is 0 Å². The number of rotatable bonds is 26. The molecule has 10 nitrogen and oxygen atoms in total. The van der Waals surface area contributed by atoms with Gasteiger partial charge in [0.1, 0.15) is 27.4 Å². The van der Waals surface area contributed by atoms with E-state index in [0.29, 0.717) is 11.5 Å². The van der Waals surface area contributed by atoms with Gasteiger partial charge in [-0.1, -0.05) is 147 Å². The number of benzene rings is 4. The third-order valence-corrected chi connectivity index (χ3v) is 11.6. The first-order valence-electron chi connectivity index (χ1n) is 20.9. The average Bonchev–Trinajstić information content (AvgIpc) is 3.19. The van der Waals surface area contributed by atoms with E-state index >= 15 is 0 Å². The molecule has 0 aliphatic carbocycles. The normalized spacial score (nSPS) is 11.3. The van der Waals surface area contributed by atoms with Crippen LogP contribution in [0.1, 0.15) is 141 Å². The molecule has 0 saturated heterocycles. The van der Waals surface area contributed by atoms with Crippen molar-refractivity contribution in [2.75, 3.05) is 0 Å². The van der Waals surface area contributed by atoms with Crippen LogP contribution in [0.3, 0.4) is 0 Å². The Balaban J connectivity index is 0.000000400. The zero-order valence-corrected chi connectivity index (χ0v) is 38.8. The van der Waals surface area contributed by atoms with Crippen molar-refractivity contribution in [1.29, 1.82) is 0 Å². The Morgan fingerprint density at radius 1 is 0.508 bits per heavy atom. The summed E-state index contributed by atoms with van der Waals surface area (Å²) in [7, 11) is -9.00. The fourth-order valence-electron chi connectivity index (χ4n) is 6.45. The van der Waals surface area contributed by atoms with Gasteiger partial charge in [0.15, 0.2) is 11.5 Å². The molecule has 0 saturated carbocycles. The fraction of sp³-hybridized carbons (Fsp3) is 0.478. The van der Waals surface area contributed by atoms with Gasteiger partial charge < -0.3 is 24.2 Å². The molecule has 59 heavy (non-hydrogen) atoms. The zero-order valence-electron chi connectivity index (χ0n) is 34.9. The summed E-state index contributed by atoms with van der Waals surface area (Å²) < 4.78 is 75.2. The first kappa shape index (κ1) is 52.3. The predicted octanol–water partition coefficient (Wildman–Crippen LogP) is 11.7. The van der Waals surface area contributed by atoms with Gasteiger partial charge in [-0.15, -0.1) is 0 Å². The molecule has 0 aromatic heterocycles. The summed E-state index contributed by atoms with van der Waals surface area (Å²) in [6, 6.07) is 21.7. The molecule has 0 amide bonds. The molecule has 4 rings (SSSR count). The Morgan fingerprint density at radius 2 is 0.881 bits per heavy atom. The number of unbranched alkanes of at least 4 members (excludes halogenated alkanes) is 16. The van der Waals surface area contributed by atoms with E-state index < -0.39 is 30.9 Å². The van der Waals surface area contributed by atoms with Crippen molar-refractivity contribution in [2.24, 2.45) is 0 Å². The third-order valence-electron chi connectivity index (χ3n) is 9.87. The van der Waals surface area contributed by atoms with Crippen LogP contribution in [0.25, 0.3) is 0 Å². The summed E-state index contributed by atoms with van der Waals surface area (Å²) >= 11 is 0. The monoisotopic (exact) mass is 878 g/mol. The second-order valence-corrected chi connectivity index (χ2v) is 17.6. The molecule has 0 radical (unpaired) electrons. The fourth-order valence-corrected chi connectivity index (χ4v) is 7.44. The predicted molar refractivity (Wildman–Crippen MR) is 232 cm³/mol.